The molecular weight excluding hydrogens is 268 g/mol. The first-order valence-corrected chi connectivity index (χ1v) is 7.46. The average Bonchev–Trinajstić information content (AvgIpc) is 2.45. The van der Waals surface area contributed by atoms with Crippen molar-refractivity contribution in [3.63, 3.8) is 0 Å². The van der Waals surface area contributed by atoms with Gasteiger partial charge in [0.25, 0.3) is 0 Å². The molecule has 2 N–H and O–H groups in total. The number of carbonyl (C=O) groups excluding carboxylic acids is 1. The largest absolute Gasteiger partial charge is 0.486 e. The highest BCUT2D eigenvalue weighted by Gasteiger charge is 2.31. The second kappa shape index (κ2) is 5.56. The summed E-state index contributed by atoms with van der Waals surface area (Å²) in [5.74, 6) is 2.08. The molecule has 1 amide bonds. The van der Waals surface area contributed by atoms with Gasteiger partial charge >= 0.3 is 0 Å². The van der Waals surface area contributed by atoms with Crippen LogP contribution >= 0.6 is 0 Å². The number of ether oxygens (including phenoxy) is 2. The second-order valence-corrected chi connectivity index (χ2v) is 6.22. The zero-order valence-electron chi connectivity index (χ0n) is 12.6. The standard InChI is InChI=1S/C16H22N2O3/c1-16(2,15(19)18-10-11-8-17-9-11)12-3-4-13-14(7-12)21-6-5-20-13/h3-4,7,11,17H,5-6,8-10H2,1-2H3,(H,18,19). The van der Waals surface area contributed by atoms with Crippen molar-refractivity contribution in [3.05, 3.63) is 23.8 Å². The Labute approximate surface area is 125 Å². The molecule has 5 heteroatoms. The molecule has 0 unspecified atom stereocenters. The molecule has 0 saturated carbocycles. The molecule has 1 aromatic carbocycles. The van der Waals surface area contributed by atoms with Gasteiger partial charge in [-0.1, -0.05) is 6.07 Å². The molecule has 0 atom stereocenters. The smallest absolute Gasteiger partial charge is 0.230 e. The van der Waals surface area contributed by atoms with E-state index in [1.165, 1.54) is 0 Å². The molecule has 0 aliphatic carbocycles. The fourth-order valence-corrected chi connectivity index (χ4v) is 2.51. The number of hydrogen-bond donors (Lipinski definition) is 2. The summed E-state index contributed by atoms with van der Waals surface area (Å²) in [5.41, 5.74) is 0.350. The summed E-state index contributed by atoms with van der Waals surface area (Å²) in [6, 6.07) is 5.74. The summed E-state index contributed by atoms with van der Waals surface area (Å²) in [7, 11) is 0. The Kier molecular flexibility index (Phi) is 3.76. The third-order valence-electron chi connectivity index (χ3n) is 4.25. The van der Waals surface area contributed by atoms with Crippen LogP contribution in [0.4, 0.5) is 0 Å². The molecule has 0 aromatic heterocycles. The summed E-state index contributed by atoms with van der Waals surface area (Å²) >= 11 is 0. The van der Waals surface area contributed by atoms with Crippen LogP contribution in [0.1, 0.15) is 19.4 Å². The Balaban J connectivity index is 1.71. The lowest BCUT2D eigenvalue weighted by atomic mass is 9.83. The van der Waals surface area contributed by atoms with E-state index in [1.807, 2.05) is 32.0 Å². The average molecular weight is 290 g/mol. The van der Waals surface area contributed by atoms with Crippen LogP contribution < -0.4 is 20.1 Å². The van der Waals surface area contributed by atoms with Crippen LogP contribution in [0.15, 0.2) is 18.2 Å². The minimum atomic E-state index is -0.590. The molecule has 1 saturated heterocycles. The van der Waals surface area contributed by atoms with Crippen LogP contribution in [0.2, 0.25) is 0 Å². The third-order valence-corrected chi connectivity index (χ3v) is 4.25. The van der Waals surface area contributed by atoms with Crippen molar-refractivity contribution in [1.82, 2.24) is 10.6 Å². The van der Waals surface area contributed by atoms with Crippen molar-refractivity contribution >= 4 is 5.91 Å². The molecular formula is C16H22N2O3. The molecule has 2 aliphatic heterocycles. The van der Waals surface area contributed by atoms with Gasteiger partial charge in [-0.25, -0.2) is 0 Å². The fourth-order valence-electron chi connectivity index (χ4n) is 2.51. The van der Waals surface area contributed by atoms with Gasteiger partial charge in [0.1, 0.15) is 13.2 Å². The van der Waals surface area contributed by atoms with Crippen molar-refractivity contribution in [2.45, 2.75) is 19.3 Å². The van der Waals surface area contributed by atoms with E-state index in [9.17, 15) is 4.79 Å². The summed E-state index contributed by atoms with van der Waals surface area (Å²) in [6.45, 7) is 7.72. The van der Waals surface area contributed by atoms with Gasteiger partial charge in [0, 0.05) is 25.6 Å². The summed E-state index contributed by atoms with van der Waals surface area (Å²) in [6.07, 6.45) is 0. The van der Waals surface area contributed by atoms with Crippen molar-refractivity contribution < 1.29 is 14.3 Å². The molecule has 114 valence electrons. The van der Waals surface area contributed by atoms with Crippen molar-refractivity contribution in [3.8, 4) is 11.5 Å². The number of carbonyl (C=O) groups is 1. The molecule has 0 radical (unpaired) electrons. The van der Waals surface area contributed by atoms with Crippen LogP contribution in [0.3, 0.4) is 0 Å². The third kappa shape index (κ3) is 2.83. The van der Waals surface area contributed by atoms with E-state index in [4.69, 9.17) is 9.47 Å². The minimum absolute atomic E-state index is 0.0473. The normalized spacial score (nSPS) is 18.0. The van der Waals surface area contributed by atoms with Gasteiger partial charge in [-0.3, -0.25) is 4.79 Å². The fraction of sp³-hybridized carbons (Fsp3) is 0.562. The zero-order valence-corrected chi connectivity index (χ0v) is 12.6. The highest BCUT2D eigenvalue weighted by Crippen LogP contribution is 2.35. The number of fused-ring (bicyclic) bond motifs is 1. The quantitative estimate of drug-likeness (QED) is 0.871. The highest BCUT2D eigenvalue weighted by atomic mass is 16.6. The Morgan fingerprint density at radius 1 is 1.29 bits per heavy atom. The number of rotatable bonds is 4. The molecule has 1 fully saturated rings. The molecule has 0 spiro atoms. The van der Waals surface area contributed by atoms with Crippen LogP contribution in [-0.4, -0.2) is 38.8 Å². The van der Waals surface area contributed by atoms with E-state index < -0.39 is 5.41 Å². The van der Waals surface area contributed by atoms with Gasteiger partial charge in [-0.2, -0.15) is 0 Å². The maximum absolute atomic E-state index is 12.5. The Morgan fingerprint density at radius 2 is 2.00 bits per heavy atom. The van der Waals surface area contributed by atoms with E-state index in [2.05, 4.69) is 10.6 Å². The molecule has 2 aliphatic rings. The maximum Gasteiger partial charge on any atom is 0.230 e. The SMILES string of the molecule is CC(C)(C(=O)NCC1CNC1)c1ccc2c(c1)OCCO2. The first kappa shape index (κ1) is 14.2. The predicted molar refractivity (Wildman–Crippen MR) is 79.8 cm³/mol. The first-order chi connectivity index (χ1) is 10.1. The minimum Gasteiger partial charge on any atom is -0.486 e. The van der Waals surface area contributed by atoms with E-state index in [-0.39, 0.29) is 5.91 Å². The number of benzene rings is 1. The molecule has 3 rings (SSSR count). The van der Waals surface area contributed by atoms with E-state index in [0.717, 1.165) is 36.7 Å². The highest BCUT2D eigenvalue weighted by molar-refractivity contribution is 5.87. The lowest BCUT2D eigenvalue weighted by Crippen LogP contribution is -2.50. The Bertz CT molecular complexity index is 538. The summed E-state index contributed by atoms with van der Waals surface area (Å²) in [4.78, 5) is 12.5. The number of nitrogens with one attached hydrogen (secondary N) is 2. The van der Waals surface area contributed by atoms with Crippen LogP contribution in [0.5, 0.6) is 11.5 Å². The lowest BCUT2D eigenvalue weighted by Gasteiger charge is -2.30. The van der Waals surface area contributed by atoms with Gasteiger partial charge in [0.05, 0.1) is 5.41 Å². The Morgan fingerprint density at radius 3 is 2.67 bits per heavy atom. The van der Waals surface area contributed by atoms with E-state index >= 15 is 0 Å². The van der Waals surface area contributed by atoms with E-state index in [0.29, 0.717) is 19.1 Å². The molecule has 1 aromatic rings. The zero-order chi connectivity index (χ0) is 14.9. The van der Waals surface area contributed by atoms with E-state index in [1.54, 1.807) is 0 Å². The summed E-state index contributed by atoms with van der Waals surface area (Å²) < 4.78 is 11.1. The topological polar surface area (TPSA) is 59.6 Å². The van der Waals surface area contributed by atoms with Crippen LogP contribution in [0, 0.1) is 5.92 Å². The van der Waals surface area contributed by atoms with Crippen molar-refractivity contribution in [2.24, 2.45) is 5.92 Å². The van der Waals surface area contributed by atoms with Crippen molar-refractivity contribution in [1.29, 1.82) is 0 Å². The first-order valence-electron chi connectivity index (χ1n) is 7.46. The van der Waals surface area contributed by atoms with Crippen LogP contribution in [-0.2, 0) is 10.2 Å². The number of amides is 1. The van der Waals surface area contributed by atoms with Gasteiger partial charge in [-0.05, 0) is 31.5 Å². The molecule has 21 heavy (non-hydrogen) atoms. The van der Waals surface area contributed by atoms with Crippen LogP contribution in [0.25, 0.3) is 0 Å². The van der Waals surface area contributed by atoms with Gasteiger partial charge in [-0.15, -0.1) is 0 Å². The molecule has 2 heterocycles. The summed E-state index contributed by atoms with van der Waals surface area (Å²) in [5, 5.41) is 6.26. The van der Waals surface area contributed by atoms with Gasteiger partial charge in [0.15, 0.2) is 11.5 Å². The van der Waals surface area contributed by atoms with Gasteiger partial charge in [0.2, 0.25) is 5.91 Å². The number of hydrogen-bond acceptors (Lipinski definition) is 4. The molecule has 5 nitrogen and oxygen atoms in total. The second-order valence-electron chi connectivity index (χ2n) is 6.22. The predicted octanol–water partition coefficient (Wildman–Crippen LogP) is 1.07. The van der Waals surface area contributed by atoms with Gasteiger partial charge < -0.3 is 20.1 Å². The maximum atomic E-state index is 12.5. The Hall–Kier alpha value is -1.75. The monoisotopic (exact) mass is 290 g/mol. The molecule has 0 bridgehead atoms. The van der Waals surface area contributed by atoms with Crippen molar-refractivity contribution in [2.75, 3.05) is 32.8 Å². The lowest BCUT2D eigenvalue weighted by molar-refractivity contribution is -0.125.